The SMILES string of the molecule is O=C(COC(=O)Cc1cccc(F)c1)NC(=O)NC1CCCCC1. The molecule has 1 fully saturated rings. The summed E-state index contributed by atoms with van der Waals surface area (Å²) in [6, 6.07) is 5.07. The second-order valence-corrected chi connectivity index (χ2v) is 5.82. The zero-order valence-electron chi connectivity index (χ0n) is 13.3. The number of urea groups is 1. The van der Waals surface area contributed by atoms with Crippen LogP contribution in [0.5, 0.6) is 0 Å². The van der Waals surface area contributed by atoms with Gasteiger partial charge in [0.2, 0.25) is 0 Å². The molecule has 24 heavy (non-hydrogen) atoms. The highest BCUT2D eigenvalue weighted by Crippen LogP contribution is 2.17. The van der Waals surface area contributed by atoms with Crippen molar-refractivity contribution in [3.8, 4) is 0 Å². The zero-order valence-corrected chi connectivity index (χ0v) is 13.3. The highest BCUT2D eigenvalue weighted by molar-refractivity contribution is 5.95. The van der Waals surface area contributed by atoms with Crippen LogP contribution < -0.4 is 10.6 Å². The van der Waals surface area contributed by atoms with E-state index in [0.29, 0.717) is 5.56 Å². The maximum atomic E-state index is 13.0. The maximum absolute atomic E-state index is 13.0. The average Bonchev–Trinajstić information content (AvgIpc) is 2.54. The number of esters is 1. The molecule has 1 aromatic rings. The first-order valence-electron chi connectivity index (χ1n) is 8.03. The molecule has 1 aromatic carbocycles. The molecule has 0 spiro atoms. The summed E-state index contributed by atoms with van der Waals surface area (Å²) in [5.41, 5.74) is 0.454. The molecule has 0 saturated heterocycles. The molecule has 130 valence electrons. The van der Waals surface area contributed by atoms with Gasteiger partial charge >= 0.3 is 12.0 Å². The number of ether oxygens (including phenoxy) is 1. The molecule has 0 aromatic heterocycles. The van der Waals surface area contributed by atoms with Crippen molar-refractivity contribution in [2.75, 3.05) is 6.61 Å². The lowest BCUT2D eigenvalue weighted by atomic mass is 9.96. The van der Waals surface area contributed by atoms with Crippen LogP contribution in [0.1, 0.15) is 37.7 Å². The molecule has 0 heterocycles. The fourth-order valence-corrected chi connectivity index (χ4v) is 2.64. The number of imide groups is 1. The topological polar surface area (TPSA) is 84.5 Å². The Morgan fingerprint density at radius 3 is 2.62 bits per heavy atom. The van der Waals surface area contributed by atoms with Crippen LogP contribution in [-0.2, 0) is 20.7 Å². The summed E-state index contributed by atoms with van der Waals surface area (Å²) >= 11 is 0. The van der Waals surface area contributed by atoms with Gasteiger partial charge in [-0.25, -0.2) is 9.18 Å². The number of amides is 3. The molecule has 7 heteroatoms. The molecule has 0 unspecified atom stereocenters. The molecule has 2 N–H and O–H groups in total. The molecular weight excluding hydrogens is 315 g/mol. The molecule has 3 amide bonds. The Labute approximate surface area is 139 Å². The lowest BCUT2D eigenvalue weighted by molar-refractivity contribution is -0.147. The van der Waals surface area contributed by atoms with Gasteiger partial charge in [0.15, 0.2) is 6.61 Å². The second-order valence-electron chi connectivity index (χ2n) is 5.82. The van der Waals surface area contributed by atoms with Crippen molar-refractivity contribution in [1.29, 1.82) is 0 Å². The molecule has 1 aliphatic rings. The Kier molecular flexibility index (Phi) is 6.72. The number of rotatable bonds is 5. The Hall–Kier alpha value is -2.44. The summed E-state index contributed by atoms with van der Waals surface area (Å²) in [6.07, 6.45) is 4.97. The first-order valence-corrected chi connectivity index (χ1v) is 8.03. The van der Waals surface area contributed by atoms with Crippen molar-refractivity contribution >= 4 is 17.9 Å². The smallest absolute Gasteiger partial charge is 0.321 e. The third kappa shape index (κ3) is 6.36. The minimum absolute atomic E-state index is 0.0853. The number of hydrogen-bond donors (Lipinski definition) is 2. The van der Waals surface area contributed by atoms with Crippen molar-refractivity contribution in [3.05, 3.63) is 35.6 Å². The van der Waals surface area contributed by atoms with Gasteiger partial charge in [0.1, 0.15) is 5.82 Å². The molecule has 0 bridgehead atoms. The zero-order chi connectivity index (χ0) is 17.4. The highest BCUT2D eigenvalue weighted by Gasteiger charge is 2.17. The van der Waals surface area contributed by atoms with Gasteiger partial charge in [-0.1, -0.05) is 31.4 Å². The maximum Gasteiger partial charge on any atom is 0.321 e. The van der Waals surface area contributed by atoms with Gasteiger partial charge in [-0.15, -0.1) is 0 Å². The lowest BCUT2D eigenvalue weighted by Gasteiger charge is -2.22. The predicted molar refractivity (Wildman–Crippen MR) is 84.6 cm³/mol. The molecule has 0 aliphatic heterocycles. The lowest BCUT2D eigenvalue weighted by Crippen LogP contribution is -2.46. The van der Waals surface area contributed by atoms with Gasteiger partial charge in [0.05, 0.1) is 6.42 Å². The Morgan fingerprint density at radius 2 is 1.92 bits per heavy atom. The second kappa shape index (κ2) is 9.00. The largest absolute Gasteiger partial charge is 0.455 e. The van der Waals surface area contributed by atoms with Crippen molar-refractivity contribution in [2.45, 2.75) is 44.6 Å². The fraction of sp³-hybridized carbons (Fsp3) is 0.471. The van der Waals surface area contributed by atoms with Crippen LogP contribution in [0.25, 0.3) is 0 Å². The van der Waals surface area contributed by atoms with Gasteiger partial charge in [-0.05, 0) is 30.5 Å². The third-order valence-electron chi connectivity index (χ3n) is 3.80. The average molecular weight is 336 g/mol. The highest BCUT2D eigenvalue weighted by atomic mass is 19.1. The molecule has 1 aliphatic carbocycles. The monoisotopic (exact) mass is 336 g/mol. The van der Waals surface area contributed by atoms with Crippen LogP contribution in [0.15, 0.2) is 24.3 Å². The molecule has 2 rings (SSSR count). The van der Waals surface area contributed by atoms with E-state index in [1.807, 2.05) is 0 Å². The van der Waals surface area contributed by atoms with Gasteiger partial charge < -0.3 is 10.1 Å². The van der Waals surface area contributed by atoms with E-state index in [4.69, 9.17) is 4.74 Å². The van der Waals surface area contributed by atoms with E-state index in [0.717, 1.165) is 25.7 Å². The van der Waals surface area contributed by atoms with E-state index in [-0.39, 0.29) is 12.5 Å². The number of nitrogens with one attached hydrogen (secondary N) is 2. The molecular formula is C17H21FN2O4. The number of hydrogen-bond acceptors (Lipinski definition) is 4. The summed E-state index contributed by atoms with van der Waals surface area (Å²) in [5.74, 6) is -1.81. The normalized spacial score (nSPS) is 14.7. The van der Waals surface area contributed by atoms with Gasteiger partial charge in [-0.3, -0.25) is 14.9 Å². The van der Waals surface area contributed by atoms with E-state index in [9.17, 15) is 18.8 Å². The van der Waals surface area contributed by atoms with Crippen LogP contribution in [0.2, 0.25) is 0 Å². The van der Waals surface area contributed by atoms with E-state index in [2.05, 4.69) is 10.6 Å². The summed E-state index contributed by atoms with van der Waals surface area (Å²) in [6.45, 7) is -0.549. The van der Waals surface area contributed by atoms with Gasteiger partial charge in [0.25, 0.3) is 5.91 Å². The number of carbonyl (C=O) groups is 3. The van der Waals surface area contributed by atoms with Crippen LogP contribution in [0, 0.1) is 5.82 Å². The molecule has 0 atom stereocenters. The van der Waals surface area contributed by atoms with E-state index < -0.39 is 30.3 Å². The summed E-state index contributed by atoms with van der Waals surface area (Å²) in [5, 5.41) is 4.86. The standard InChI is InChI=1S/C17H21FN2O4/c18-13-6-4-5-12(9-13)10-16(22)24-11-15(21)20-17(23)19-14-7-2-1-3-8-14/h4-6,9,14H,1-3,7-8,10-11H2,(H2,19,20,21,23). The molecule has 6 nitrogen and oxygen atoms in total. The molecule has 0 radical (unpaired) electrons. The quantitative estimate of drug-likeness (QED) is 0.806. The van der Waals surface area contributed by atoms with Crippen LogP contribution >= 0.6 is 0 Å². The van der Waals surface area contributed by atoms with E-state index in [1.165, 1.54) is 24.6 Å². The third-order valence-corrected chi connectivity index (χ3v) is 3.80. The summed E-state index contributed by atoms with van der Waals surface area (Å²) in [7, 11) is 0. The Balaban J connectivity index is 1.66. The number of halogens is 1. The van der Waals surface area contributed by atoms with Crippen LogP contribution in [0.4, 0.5) is 9.18 Å². The predicted octanol–water partition coefficient (Wildman–Crippen LogP) is 2.07. The summed E-state index contributed by atoms with van der Waals surface area (Å²) in [4.78, 5) is 34.9. The van der Waals surface area contributed by atoms with Crippen LogP contribution in [-0.4, -0.2) is 30.6 Å². The Bertz CT molecular complexity index is 600. The first kappa shape index (κ1) is 17.9. The fourth-order valence-electron chi connectivity index (χ4n) is 2.64. The van der Waals surface area contributed by atoms with Crippen molar-refractivity contribution in [2.24, 2.45) is 0 Å². The van der Waals surface area contributed by atoms with Crippen molar-refractivity contribution in [1.82, 2.24) is 10.6 Å². The molecule has 1 saturated carbocycles. The van der Waals surface area contributed by atoms with Crippen molar-refractivity contribution in [3.63, 3.8) is 0 Å². The summed E-state index contributed by atoms with van der Waals surface area (Å²) < 4.78 is 17.8. The minimum Gasteiger partial charge on any atom is -0.455 e. The minimum atomic E-state index is -0.698. The first-order chi connectivity index (χ1) is 11.5. The number of benzene rings is 1. The van der Waals surface area contributed by atoms with Gasteiger partial charge in [0, 0.05) is 6.04 Å². The Morgan fingerprint density at radius 1 is 1.17 bits per heavy atom. The van der Waals surface area contributed by atoms with Crippen molar-refractivity contribution < 1.29 is 23.5 Å². The van der Waals surface area contributed by atoms with E-state index >= 15 is 0 Å². The van der Waals surface area contributed by atoms with Crippen LogP contribution in [0.3, 0.4) is 0 Å². The number of carbonyl (C=O) groups excluding carboxylic acids is 3. The van der Waals surface area contributed by atoms with E-state index in [1.54, 1.807) is 6.07 Å². The van der Waals surface area contributed by atoms with Gasteiger partial charge in [-0.2, -0.15) is 0 Å².